The molecule has 29 heavy (non-hydrogen) atoms. The highest BCUT2D eigenvalue weighted by Crippen LogP contribution is 2.29. The van der Waals surface area contributed by atoms with Crippen molar-refractivity contribution in [3.63, 3.8) is 0 Å². The van der Waals surface area contributed by atoms with Gasteiger partial charge in [-0.05, 0) is 43.7 Å². The summed E-state index contributed by atoms with van der Waals surface area (Å²) in [6, 6.07) is 16.8. The molecule has 1 amide bonds. The second kappa shape index (κ2) is 9.34. The van der Waals surface area contributed by atoms with Crippen molar-refractivity contribution < 1.29 is 19.1 Å². The number of carbonyl (C=O) groups is 2. The minimum absolute atomic E-state index is 0.172. The predicted octanol–water partition coefficient (Wildman–Crippen LogP) is 4.16. The van der Waals surface area contributed by atoms with Crippen molar-refractivity contribution in [1.82, 2.24) is 10.3 Å². The first-order valence-corrected chi connectivity index (χ1v) is 9.93. The van der Waals surface area contributed by atoms with Crippen molar-refractivity contribution in [1.29, 1.82) is 0 Å². The van der Waals surface area contributed by atoms with Gasteiger partial charge in [0.2, 0.25) is 0 Å². The van der Waals surface area contributed by atoms with Crippen LogP contribution in [0.1, 0.15) is 33.9 Å². The molecule has 0 saturated carbocycles. The molecule has 0 fully saturated rings. The van der Waals surface area contributed by atoms with E-state index in [1.54, 1.807) is 14.0 Å². The van der Waals surface area contributed by atoms with Crippen LogP contribution in [0.5, 0.6) is 5.75 Å². The zero-order valence-corrected chi connectivity index (χ0v) is 17.3. The first-order valence-electron chi connectivity index (χ1n) is 9.11. The molecule has 0 spiro atoms. The van der Waals surface area contributed by atoms with E-state index < -0.39 is 5.97 Å². The average Bonchev–Trinajstić information content (AvgIpc) is 3.14. The fraction of sp³-hybridized carbons (Fsp3) is 0.227. The Labute approximate surface area is 173 Å². The van der Waals surface area contributed by atoms with E-state index in [0.29, 0.717) is 15.6 Å². The molecule has 1 aromatic heterocycles. The Morgan fingerprint density at radius 2 is 1.79 bits per heavy atom. The highest BCUT2D eigenvalue weighted by molar-refractivity contribution is 7.17. The number of carbonyl (C=O) groups excluding carboxylic acids is 2. The highest BCUT2D eigenvalue weighted by Gasteiger charge is 2.19. The smallest absolute Gasteiger partial charge is 0.350 e. The Kier molecular flexibility index (Phi) is 6.61. The van der Waals surface area contributed by atoms with E-state index in [0.717, 1.165) is 16.9 Å². The maximum Gasteiger partial charge on any atom is 0.350 e. The Morgan fingerprint density at radius 3 is 2.45 bits per heavy atom. The number of aryl methyl sites for hydroxylation is 1. The SMILES string of the molecule is COc1ccc(-c2nc(C)c(C(=O)OCC(=O)N[C@@H](C)c3ccccc3)s2)cc1. The minimum atomic E-state index is -0.553. The number of methoxy groups -OCH3 is 1. The number of amides is 1. The van der Waals surface area contributed by atoms with Crippen molar-refractivity contribution in [3.8, 4) is 16.3 Å². The fourth-order valence-corrected chi connectivity index (χ4v) is 3.71. The van der Waals surface area contributed by atoms with Crippen molar-refractivity contribution in [2.24, 2.45) is 0 Å². The lowest BCUT2D eigenvalue weighted by molar-refractivity contribution is -0.124. The first-order chi connectivity index (χ1) is 14.0. The lowest BCUT2D eigenvalue weighted by Crippen LogP contribution is -2.31. The number of ether oxygens (including phenoxy) is 2. The van der Waals surface area contributed by atoms with E-state index in [2.05, 4.69) is 10.3 Å². The molecule has 7 heteroatoms. The summed E-state index contributed by atoms with van der Waals surface area (Å²) in [6.07, 6.45) is 0. The summed E-state index contributed by atoms with van der Waals surface area (Å²) in [5.41, 5.74) is 2.44. The summed E-state index contributed by atoms with van der Waals surface area (Å²) >= 11 is 1.24. The molecular weight excluding hydrogens is 388 g/mol. The van der Waals surface area contributed by atoms with E-state index in [1.165, 1.54) is 11.3 Å². The third-order valence-electron chi connectivity index (χ3n) is 4.33. The van der Waals surface area contributed by atoms with Crippen LogP contribution in [0.4, 0.5) is 0 Å². The van der Waals surface area contributed by atoms with Crippen molar-refractivity contribution in [2.75, 3.05) is 13.7 Å². The standard InChI is InChI=1S/C22H22N2O4S/c1-14(16-7-5-4-6-8-16)23-19(25)13-28-22(26)20-15(2)24-21(29-20)17-9-11-18(27-3)12-10-17/h4-12,14H,13H2,1-3H3,(H,23,25)/t14-/m0/s1. The Morgan fingerprint density at radius 1 is 1.10 bits per heavy atom. The van der Waals surface area contributed by atoms with Gasteiger partial charge in [0.05, 0.1) is 18.8 Å². The largest absolute Gasteiger partial charge is 0.497 e. The van der Waals surface area contributed by atoms with Gasteiger partial charge in [0, 0.05) is 5.56 Å². The van der Waals surface area contributed by atoms with Gasteiger partial charge >= 0.3 is 5.97 Å². The number of benzene rings is 2. The number of thiazole rings is 1. The molecule has 2 aromatic carbocycles. The van der Waals surface area contributed by atoms with Crippen molar-refractivity contribution in [3.05, 3.63) is 70.7 Å². The molecule has 6 nitrogen and oxygen atoms in total. The minimum Gasteiger partial charge on any atom is -0.497 e. The molecule has 3 aromatic rings. The predicted molar refractivity (Wildman–Crippen MR) is 112 cm³/mol. The van der Waals surface area contributed by atoms with Crippen LogP contribution in [0, 0.1) is 6.92 Å². The molecule has 1 N–H and O–H groups in total. The number of esters is 1. The third kappa shape index (κ3) is 5.20. The summed E-state index contributed by atoms with van der Waals surface area (Å²) in [6.45, 7) is 3.28. The third-order valence-corrected chi connectivity index (χ3v) is 5.52. The van der Waals surface area contributed by atoms with E-state index >= 15 is 0 Å². The second-order valence-corrected chi connectivity index (χ2v) is 7.44. The average molecular weight is 410 g/mol. The molecule has 1 heterocycles. The van der Waals surface area contributed by atoms with Crippen molar-refractivity contribution >= 4 is 23.2 Å². The van der Waals surface area contributed by atoms with Gasteiger partial charge in [0.25, 0.3) is 5.91 Å². The van der Waals surface area contributed by atoms with Crippen LogP contribution >= 0.6 is 11.3 Å². The molecule has 0 bridgehead atoms. The van der Waals surface area contributed by atoms with Gasteiger partial charge in [-0.25, -0.2) is 9.78 Å². The van der Waals surface area contributed by atoms with Crippen molar-refractivity contribution in [2.45, 2.75) is 19.9 Å². The molecule has 0 radical (unpaired) electrons. The zero-order valence-electron chi connectivity index (χ0n) is 16.5. The van der Waals surface area contributed by atoms with Gasteiger partial charge in [-0.15, -0.1) is 11.3 Å². The second-order valence-electron chi connectivity index (χ2n) is 6.44. The van der Waals surface area contributed by atoms with Crippen LogP contribution in [0.2, 0.25) is 0 Å². The molecule has 1 atom stereocenters. The summed E-state index contributed by atoms with van der Waals surface area (Å²) in [5.74, 6) is -0.160. The van der Waals surface area contributed by atoms with E-state index in [-0.39, 0.29) is 18.6 Å². The maximum atomic E-state index is 12.4. The van der Waals surface area contributed by atoms with Crippen LogP contribution in [0.15, 0.2) is 54.6 Å². The van der Waals surface area contributed by atoms with Gasteiger partial charge in [-0.1, -0.05) is 30.3 Å². The molecule has 0 unspecified atom stereocenters. The molecular formula is C22H22N2O4S. The molecule has 3 rings (SSSR count). The van der Waals surface area contributed by atoms with Gasteiger partial charge in [0.1, 0.15) is 15.6 Å². The number of hydrogen-bond acceptors (Lipinski definition) is 6. The molecule has 0 aliphatic rings. The lowest BCUT2D eigenvalue weighted by atomic mass is 10.1. The van der Waals surface area contributed by atoms with Gasteiger partial charge < -0.3 is 14.8 Å². The van der Waals surface area contributed by atoms with Crippen LogP contribution in [-0.2, 0) is 9.53 Å². The van der Waals surface area contributed by atoms with E-state index in [1.807, 2.05) is 61.5 Å². The monoisotopic (exact) mass is 410 g/mol. The molecule has 0 aliphatic carbocycles. The van der Waals surface area contributed by atoms with Crippen LogP contribution in [0.25, 0.3) is 10.6 Å². The number of rotatable bonds is 7. The Bertz CT molecular complexity index is 984. The quantitative estimate of drug-likeness (QED) is 0.592. The zero-order chi connectivity index (χ0) is 20.8. The highest BCUT2D eigenvalue weighted by atomic mass is 32.1. The first kappa shape index (κ1) is 20.5. The Balaban J connectivity index is 1.59. The summed E-state index contributed by atoms with van der Waals surface area (Å²) in [5, 5.41) is 3.53. The number of aromatic nitrogens is 1. The van der Waals surface area contributed by atoms with E-state index in [4.69, 9.17) is 9.47 Å². The number of hydrogen-bond donors (Lipinski definition) is 1. The number of nitrogens with one attached hydrogen (secondary N) is 1. The summed E-state index contributed by atoms with van der Waals surface area (Å²) < 4.78 is 10.3. The molecule has 0 aliphatic heterocycles. The van der Waals surface area contributed by atoms with Crippen LogP contribution < -0.4 is 10.1 Å². The Hall–Kier alpha value is -3.19. The molecule has 150 valence electrons. The topological polar surface area (TPSA) is 77.5 Å². The number of nitrogens with zero attached hydrogens (tertiary/aromatic N) is 1. The molecule has 0 saturated heterocycles. The summed E-state index contributed by atoms with van der Waals surface area (Å²) in [7, 11) is 1.60. The maximum absolute atomic E-state index is 12.4. The van der Waals surface area contributed by atoms with E-state index in [9.17, 15) is 9.59 Å². The summed E-state index contributed by atoms with van der Waals surface area (Å²) in [4.78, 5) is 29.4. The lowest BCUT2D eigenvalue weighted by Gasteiger charge is -2.14. The van der Waals surface area contributed by atoms with Crippen LogP contribution in [0.3, 0.4) is 0 Å². The van der Waals surface area contributed by atoms with Gasteiger partial charge in [-0.2, -0.15) is 0 Å². The van der Waals surface area contributed by atoms with Gasteiger partial charge in [0.15, 0.2) is 6.61 Å². The van der Waals surface area contributed by atoms with Gasteiger partial charge in [-0.3, -0.25) is 4.79 Å². The normalized spacial score (nSPS) is 11.6. The van der Waals surface area contributed by atoms with Crippen LogP contribution in [-0.4, -0.2) is 30.6 Å². The fourth-order valence-electron chi connectivity index (χ4n) is 2.75.